The van der Waals surface area contributed by atoms with Gasteiger partial charge in [0, 0.05) is 50.0 Å². The molecule has 1 aliphatic rings. The molecule has 6 rings (SSSR count). The maximum Gasteiger partial charge on any atom is 0.410 e. The van der Waals surface area contributed by atoms with E-state index in [4.69, 9.17) is 9.47 Å². The maximum atomic E-state index is 15.3. The van der Waals surface area contributed by atoms with Crippen molar-refractivity contribution < 1.29 is 38.1 Å². The van der Waals surface area contributed by atoms with E-state index in [0.717, 1.165) is 11.6 Å². The molecule has 0 spiro atoms. The largest absolute Gasteiger partial charge is 0.477 e. The second-order valence-electron chi connectivity index (χ2n) is 14.1. The van der Waals surface area contributed by atoms with E-state index in [0.29, 0.717) is 46.4 Å². The molecule has 0 aliphatic carbocycles. The number of carbonyl (C=O) groups excluding carboxylic acids is 3. The van der Waals surface area contributed by atoms with Gasteiger partial charge in [0.25, 0.3) is 0 Å². The first-order valence-corrected chi connectivity index (χ1v) is 19.6. The number of carbonyl (C=O) groups is 4. The molecular formula is C41H44FN7O8S. The molecule has 0 radical (unpaired) electrons. The van der Waals surface area contributed by atoms with Gasteiger partial charge in [-0.2, -0.15) is 0 Å². The molecule has 3 amide bonds. The van der Waals surface area contributed by atoms with Gasteiger partial charge < -0.3 is 39.6 Å². The number of amides is 3. The number of carboxylic acids is 1. The molecule has 58 heavy (non-hydrogen) atoms. The summed E-state index contributed by atoms with van der Waals surface area (Å²) in [5.74, 6) is -2.98. The van der Waals surface area contributed by atoms with Crippen LogP contribution in [-0.4, -0.2) is 75.0 Å². The van der Waals surface area contributed by atoms with Gasteiger partial charge in [-0.25, -0.2) is 18.8 Å². The van der Waals surface area contributed by atoms with Crippen LogP contribution in [0.5, 0.6) is 0 Å². The van der Waals surface area contributed by atoms with Gasteiger partial charge in [0.05, 0.1) is 23.2 Å². The van der Waals surface area contributed by atoms with Crippen molar-refractivity contribution in [1.29, 1.82) is 0 Å². The molecule has 2 atom stereocenters. The number of pyridine rings is 1. The predicted octanol–water partition coefficient (Wildman–Crippen LogP) is 6.53. The van der Waals surface area contributed by atoms with Crippen LogP contribution >= 0.6 is 11.3 Å². The zero-order valence-electron chi connectivity index (χ0n) is 32.4. The van der Waals surface area contributed by atoms with Crippen molar-refractivity contribution >= 4 is 57.7 Å². The number of ether oxygens (including phenoxy) is 2. The normalized spacial score (nSPS) is 13.9. The molecule has 1 saturated heterocycles. The summed E-state index contributed by atoms with van der Waals surface area (Å²) in [6.45, 7) is 9.07. The molecule has 1 aliphatic heterocycles. The van der Waals surface area contributed by atoms with Gasteiger partial charge in [-0.1, -0.05) is 67.6 Å². The fourth-order valence-electron chi connectivity index (χ4n) is 6.42. The maximum absolute atomic E-state index is 15.3. The molecule has 0 unspecified atom stereocenters. The summed E-state index contributed by atoms with van der Waals surface area (Å²) in [4.78, 5) is 66.3. The molecule has 2 aromatic heterocycles. The average Bonchev–Trinajstić information content (AvgIpc) is 3.71. The lowest BCUT2D eigenvalue weighted by Crippen LogP contribution is -2.49. The Balaban J connectivity index is 0.975. The van der Waals surface area contributed by atoms with Gasteiger partial charge in [0.1, 0.15) is 34.6 Å². The van der Waals surface area contributed by atoms with E-state index in [1.54, 1.807) is 53.6 Å². The van der Waals surface area contributed by atoms with E-state index >= 15 is 4.39 Å². The van der Waals surface area contributed by atoms with Crippen molar-refractivity contribution in [3.05, 3.63) is 116 Å². The van der Waals surface area contributed by atoms with Crippen molar-refractivity contribution in [2.24, 2.45) is 5.92 Å². The summed E-state index contributed by atoms with van der Waals surface area (Å²) in [6.07, 6.45) is 0.162. The van der Waals surface area contributed by atoms with Crippen LogP contribution in [0.4, 0.5) is 25.4 Å². The van der Waals surface area contributed by atoms with Gasteiger partial charge >= 0.3 is 18.2 Å². The fraction of sp³-hybridized carbons (Fsp3) is 0.341. The number of aryl methyl sites for hydroxylation is 1. The molecule has 3 N–H and O–H groups in total. The number of rotatable bonds is 13. The molecule has 0 saturated carbocycles. The van der Waals surface area contributed by atoms with Gasteiger partial charge in [-0.3, -0.25) is 9.59 Å². The van der Waals surface area contributed by atoms with Crippen LogP contribution in [0, 0.1) is 11.7 Å². The lowest BCUT2D eigenvalue weighted by atomic mass is 10.1. The number of piperazine rings is 1. The zero-order chi connectivity index (χ0) is 41.5. The number of nitrogens with one attached hydrogen (secondary N) is 2. The van der Waals surface area contributed by atoms with Crippen molar-refractivity contribution in [1.82, 2.24) is 25.0 Å². The quantitative estimate of drug-likeness (QED) is 0.117. The van der Waals surface area contributed by atoms with Gasteiger partial charge in [-0.15, -0.1) is 10.2 Å². The van der Waals surface area contributed by atoms with Crippen LogP contribution in [0.1, 0.15) is 71.2 Å². The Labute approximate surface area is 337 Å². The van der Waals surface area contributed by atoms with Crippen LogP contribution in [0.2, 0.25) is 0 Å². The minimum Gasteiger partial charge on any atom is -0.477 e. The third-order valence-electron chi connectivity index (χ3n) is 9.82. The standard InChI is InChI=1S/C41H44FN7O8S/c1-5-47-21-30(39(52)53)35(50)29-19-31(42)33(20-32(29)47)48-15-17-49(18-16-48)41(55)57-23-27-11-13-28(14-12-27)43-36(51)25(4)37-45-46-38(58-37)34(24(2)3)44-40(54)56-22-26-9-7-6-8-10-26/h6-14,19-21,24-25,34H,5,15-18,22-23H2,1-4H3,(H,43,51)(H,44,54)(H,52,53)/t25-,34-/m0/s1. The number of nitrogens with zero attached hydrogens (tertiary/aromatic N) is 5. The summed E-state index contributed by atoms with van der Waals surface area (Å²) in [6, 6.07) is 18.4. The Morgan fingerprint density at radius 1 is 0.897 bits per heavy atom. The third-order valence-corrected chi connectivity index (χ3v) is 11.0. The lowest BCUT2D eigenvalue weighted by molar-refractivity contribution is -0.117. The Bertz CT molecular complexity index is 2340. The molecule has 17 heteroatoms. The number of halogens is 1. The van der Waals surface area contributed by atoms with E-state index in [1.807, 2.05) is 44.2 Å². The number of aromatic carboxylic acids is 1. The van der Waals surface area contributed by atoms with Crippen molar-refractivity contribution in [2.45, 2.75) is 59.4 Å². The molecule has 3 heterocycles. The smallest absolute Gasteiger partial charge is 0.410 e. The van der Waals surface area contributed by atoms with Gasteiger partial charge in [0.2, 0.25) is 11.3 Å². The highest BCUT2D eigenvalue weighted by Crippen LogP contribution is 2.30. The number of benzene rings is 3. The fourth-order valence-corrected chi connectivity index (χ4v) is 7.54. The first-order chi connectivity index (χ1) is 27.8. The molecule has 304 valence electrons. The second kappa shape index (κ2) is 18.3. The minimum absolute atomic E-state index is 0.00568. The minimum atomic E-state index is -1.37. The van der Waals surface area contributed by atoms with Crippen molar-refractivity contribution in [2.75, 3.05) is 36.4 Å². The number of anilines is 2. The van der Waals surface area contributed by atoms with E-state index < -0.39 is 46.9 Å². The van der Waals surface area contributed by atoms with Gasteiger partial charge in [0.15, 0.2) is 0 Å². The molecule has 1 fully saturated rings. The number of hydrogen-bond acceptors (Lipinski definition) is 11. The monoisotopic (exact) mass is 813 g/mol. The van der Waals surface area contributed by atoms with Crippen LogP contribution in [-0.2, 0) is 34.0 Å². The molecule has 0 bridgehead atoms. The first kappa shape index (κ1) is 41.3. The summed E-state index contributed by atoms with van der Waals surface area (Å²) >= 11 is 1.25. The van der Waals surface area contributed by atoms with Crippen LogP contribution in [0.3, 0.4) is 0 Å². The van der Waals surface area contributed by atoms with E-state index in [2.05, 4.69) is 20.8 Å². The van der Waals surface area contributed by atoms with Crippen LogP contribution in [0.25, 0.3) is 10.9 Å². The summed E-state index contributed by atoms with van der Waals surface area (Å²) in [5.41, 5.74) is 1.62. The van der Waals surface area contributed by atoms with Crippen LogP contribution < -0.4 is 21.0 Å². The number of carboxylic acid groups (broad SMARTS) is 1. The summed E-state index contributed by atoms with van der Waals surface area (Å²) in [5, 5.41) is 24.7. The topological polar surface area (TPSA) is 185 Å². The SMILES string of the molecule is CCn1cc(C(=O)O)c(=O)c2cc(F)c(N3CCN(C(=O)OCc4ccc(NC(=O)[C@H](C)c5nnc([C@@H](NC(=O)OCc6ccccc6)C(C)C)s5)cc4)CC3)cc21. The highest BCUT2D eigenvalue weighted by atomic mass is 32.1. The second-order valence-corrected chi connectivity index (χ2v) is 15.2. The van der Waals surface area contributed by atoms with Crippen molar-refractivity contribution in [3.63, 3.8) is 0 Å². The highest BCUT2D eigenvalue weighted by molar-refractivity contribution is 7.11. The van der Waals surface area contributed by atoms with Crippen molar-refractivity contribution in [3.8, 4) is 0 Å². The Hall–Kier alpha value is -6.36. The highest BCUT2D eigenvalue weighted by Gasteiger charge is 2.28. The molecular weight excluding hydrogens is 770 g/mol. The van der Waals surface area contributed by atoms with Gasteiger partial charge in [-0.05, 0) is 55.2 Å². The number of hydrogen-bond donors (Lipinski definition) is 3. The number of fused-ring (bicyclic) bond motifs is 1. The first-order valence-electron chi connectivity index (χ1n) is 18.8. The zero-order valence-corrected chi connectivity index (χ0v) is 33.3. The molecule has 15 nitrogen and oxygen atoms in total. The van der Waals surface area contributed by atoms with E-state index in [9.17, 15) is 29.1 Å². The number of alkyl carbamates (subject to hydrolysis) is 1. The lowest BCUT2D eigenvalue weighted by Gasteiger charge is -2.35. The molecule has 3 aromatic carbocycles. The summed E-state index contributed by atoms with van der Waals surface area (Å²) < 4.78 is 27.8. The molecule has 5 aromatic rings. The third kappa shape index (κ3) is 9.59. The summed E-state index contributed by atoms with van der Waals surface area (Å²) in [7, 11) is 0. The Kier molecular flexibility index (Phi) is 13.0. The van der Waals surface area contributed by atoms with Crippen LogP contribution in [0.15, 0.2) is 77.7 Å². The van der Waals surface area contributed by atoms with E-state index in [-0.39, 0.29) is 49.2 Å². The average molecular weight is 814 g/mol. The Morgan fingerprint density at radius 3 is 2.21 bits per heavy atom. The predicted molar refractivity (Wildman–Crippen MR) is 216 cm³/mol. The Morgan fingerprint density at radius 2 is 1.55 bits per heavy atom. The van der Waals surface area contributed by atoms with E-state index in [1.165, 1.54) is 22.4 Å². The number of aromatic nitrogens is 3.